The van der Waals surface area contributed by atoms with Crippen molar-refractivity contribution in [1.82, 2.24) is 20.2 Å². The molecule has 2 aromatic rings. The third-order valence-corrected chi connectivity index (χ3v) is 5.47. The number of rotatable bonds is 5. The Hall–Kier alpha value is -3.05. The average Bonchev–Trinajstić information content (AvgIpc) is 3.40. The molecule has 0 spiro atoms. The van der Waals surface area contributed by atoms with Crippen LogP contribution >= 0.6 is 11.6 Å². The molecule has 30 heavy (non-hydrogen) atoms. The maximum Gasteiger partial charge on any atom is 0.407 e. The van der Waals surface area contributed by atoms with Gasteiger partial charge in [-0.05, 0) is 30.9 Å². The molecule has 1 aliphatic heterocycles. The number of aromatic amines is 1. The van der Waals surface area contributed by atoms with Gasteiger partial charge in [-0.15, -0.1) is 0 Å². The van der Waals surface area contributed by atoms with E-state index in [1.165, 1.54) is 7.11 Å². The van der Waals surface area contributed by atoms with Gasteiger partial charge in [-0.1, -0.05) is 31.5 Å². The van der Waals surface area contributed by atoms with Gasteiger partial charge in [0.25, 0.3) is 0 Å². The maximum absolute atomic E-state index is 13.2. The lowest BCUT2D eigenvalue weighted by atomic mass is 10.0. The molecule has 2 heterocycles. The molecular weight excluding hydrogens is 406 g/mol. The highest BCUT2D eigenvalue weighted by Crippen LogP contribution is 2.33. The number of benzene rings is 1. The zero-order chi connectivity index (χ0) is 21.8. The van der Waals surface area contributed by atoms with Crippen LogP contribution in [0.4, 0.5) is 4.79 Å². The highest BCUT2D eigenvalue weighted by molar-refractivity contribution is 6.30. The van der Waals surface area contributed by atoms with Crippen LogP contribution in [0.25, 0.3) is 11.3 Å². The normalized spacial score (nSPS) is 16.9. The van der Waals surface area contributed by atoms with Gasteiger partial charge in [-0.2, -0.15) is 5.26 Å². The summed E-state index contributed by atoms with van der Waals surface area (Å²) in [6.45, 7) is 4.33. The first-order valence-electron chi connectivity index (χ1n) is 9.75. The van der Waals surface area contributed by atoms with Crippen LogP contribution in [0.5, 0.6) is 0 Å². The van der Waals surface area contributed by atoms with Gasteiger partial charge in [-0.25, -0.2) is 9.78 Å². The highest BCUT2D eigenvalue weighted by atomic mass is 35.5. The zero-order valence-corrected chi connectivity index (χ0v) is 17.9. The number of alkyl carbamates (subject to hydrolysis) is 1. The van der Waals surface area contributed by atoms with Crippen molar-refractivity contribution in [2.24, 2.45) is 5.92 Å². The molecule has 2 atom stereocenters. The topological polar surface area (TPSA) is 111 Å². The Balaban J connectivity index is 1.85. The molecule has 1 fully saturated rings. The molecule has 1 saturated heterocycles. The van der Waals surface area contributed by atoms with Crippen molar-refractivity contribution in [3.05, 3.63) is 40.8 Å². The highest BCUT2D eigenvalue weighted by Gasteiger charge is 2.37. The van der Waals surface area contributed by atoms with Crippen LogP contribution in [-0.4, -0.2) is 46.6 Å². The summed E-state index contributed by atoms with van der Waals surface area (Å²) in [5.74, 6) is 0.382. The van der Waals surface area contributed by atoms with Crippen molar-refractivity contribution in [3.63, 3.8) is 0 Å². The number of carbonyl (C=O) groups is 2. The van der Waals surface area contributed by atoms with E-state index in [-0.39, 0.29) is 17.9 Å². The van der Waals surface area contributed by atoms with E-state index in [9.17, 15) is 14.9 Å². The van der Waals surface area contributed by atoms with E-state index >= 15 is 0 Å². The third kappa shape index (κ3) is 4.41. The number of nitriles is 1. The number of nitrogens with one attached hydrogen (secondary N) is 2. The number of aromatic nitrogens is 2. The molecule has 2 amide bonds. The fourth-order valence-electron chi connectivity index (χ4n) is 3.68. The lowest BCUT2D eigenvalue weighted by Gasteiger charge is -2.30. The number of H-pyrrole nitrogens is 1. The van der Waals surface area contributed by atoms with Crippen molar-refractivity contribution < 1.29 is 14.3 Å². The van der Waals surface area contributed by atoms with Crippen LogP contribution in [0.1, 0.15) is 44.1 Å². The Kier molecular flexibility index (Phi) is 6.63. The fourth-order valence-corrected chi connectivity index (χ4v) is 3.85. The van der Waals surface area contributed by atoms with Crippen LogP contribution in [0.2, 0.25) is 5.02 Å². The van der Waals surface area contributed by atoms with Crippen LogP contribution in [0.15, 0.2) is 24.4 Å². The maximum atomic E-state index is 13.2. The standard InChI is InChI=1S/C21H24ClN5O3/c1-12(2)18(26-21(29)30-3)20(28)27-8-4-5-17(27)19-24-11-16(25-19)15-7-6-14(22)9-13(15)10-23/h6-7,9,11-12,17-18H,4-5,8H2,1-3H3,(H,24,25)(H,26,29). The lowest BCUT2D eigenvalue weighted by Crippen LogP contribution is -2.51. The number of imidazole rings is 1. The molecule has 0 bridgehead atoms. The summed E-state index contributed by atoms with van der Waals surface area (Å²) < 4.78 is 4.66. The predicted octanol–water partition coefficient (Wildman–Crippen LogP) is 3.65. The molecule has 0 aliphatic carbocycles. The van der Waals surface area contributed by atoms with Gasteiger partial charge in [-0.3, -0.25) is 4.79 Å². The second kappa shape index (κ2) is 9.18. The lowest BCUT2D eigenvalue weighted by molar-refractivity contribution is -0.135. The molecule has 1 aliphatic rings. The number of amides is 2. The van der Waals surface area contributed by atoms with Crippen LogP contribution in [0.3, 0.4) is 0 Å². The molecule has 0 saturated carbocycles. The average molecular weight is 430 g/mol. The molecule has 0 radical (unpaired) electrons. The predicted molar refractivity (Wildman–Crippen MR) is 112 cm³/mol. The first-order chi connectivity index (χ1) is 14.3. The number of carbonyl (C=O) groups excluding carboxylic acids is 2. The van der Waals surface area contributed by atoms with E-state index in [0.29, 0.717) is 34.2 Å². The first kappa shape index (κ1) is 21.7. The Morgan fingerprint density at radius 3 is 2.87 bits per heavy atom. The van der Waals surface area contributed by atoms with Crippen molar-refractivity contribution in [2.75, 3.05) is 13.7 Å². The Morgan fingerprint density at radius 1 is 1.43 bits per heavy atom. The van der Waals surface area contributed by atoms with Gasteiger partial charge in [0.05, 0.1) is 36.7 Å². The zero-order valence-electron chi connectivity index (χ0n) is 17.1. The minimum atomic E-state index is -0.686. The molecule has 2 unspecified atom stereocenters. The minimum absolute atomic E-state index is 0.0998. The summed E-state index contributed by atoms with van der Waals surface area (Å²) in [7, 11) is 1.27. The smallest absolute Gasteiger partial charge is 0.407 e. The van der Waals surface area contributed by atoms with Gasteiger partial charge in [0.15, 0.2) is 0 Å². The van der Waals surface area contributed by atoms with Gasteiger partial charge in [0.2, 0.25) is 5.91 Å². The number of nitrogens with zero attached hydrogens (tertiary/aromatic N) is 3. The number of ether oxygens (including phenoxy) is 1. The Morgan fingerprint density at radius 2 is 2.20 bits per heavy atom. The summed E-state index contributed by atoms with van der Waals surface area (Å²) >= 11 is 5.99. The van der Waals surface area contributed by atoms with Crippen LogP contribution in [0, 0.1) is 17.2 Å². The third-order valence-electron chi connectivity index (χ3n) is 5.23. The minimum Gasteiger partial charge on any atom is -0.453 e. The Labute approximate surface area is 180 Å². The molecular formula is C21H24ClN5O3. The molecule has 1 aromatic carbocycles. The molecule has 2 N–H and O–H groups in total. The Bertz CT molecular complexity index is 981. The molecule has 3 rings (SSSR count). The summed E-state index contributed by atoms with van der Waals surface area (Å²) in [6.07, 6.45) is 2.62. The number of halogens is 1. The van der Waals surface area contributed by atoms with E-state index in [1.54, 1.807) is 29.3 Å². The van der Waals surface area contributed by atoms with Crippen molar-refractivity contribution in [2.45, 2.75) is 38.8 Å². The molecule has 1 aromatic heterocycles. The van der Waals surface area contributed by atoms with Crippen molar-refractivity contribution in [1.29, 1.82) is 5.26 Å². The summed E-state index contributed by atoms with van der Waals surface area (Å²) in [4.78, 5) is 34.4. The molecule has 8 nitrogen and oxygen atoms in total. The molecule has 158 valence electrons. The van der Waals surface area contributed by atoms with E-state index in [0.717, 1.165) is 12.8 Å². The fraction of sp³-hybridized carbons (Fsp3) is 0.429. The number of hydrogen-bond acceptors (Lipinski definition) is 5. The van der Waals surface area contributed by atoms with Crippen molar-refractivity contribution in [3.8, 4) is 17.3 Å². The summed E-state index contributed by atoms with van der Waals surface area (Å²) in [5, 5.41) is 12.5. The largest absolute Gasteiger partial charge is 0.453 e. The van der Waals surface area contributed by atoms with Gasteiger partial charge in [0, 0.05) is 17.1 Å². The van der Waals surface area contributed by atoms with E-state index in [4.69, 9.17) is 11.6 Å². The van der Waals surface area contributed by atoms with E-state index in [2.05, 4.69) is 26.1 Å². The van der Waals surface area contributed by atoms with Crippen molar-refractivity contribution >= 4 is 23.6 Å². The molecule has 9 heteroatoms. The SMILES string of the molecule is COC(=O)NC(C(=O)N1CCCC1c1ncc(-c2ccc(Cl)cc2C#N)[nH]1)C(C)C. The van der Waals surface area contributed by atoms with Gasteiger partial charge < -0.3 is 19.9 Å². The van der Waals surface area contributed by atoms with Gasteiger partial charge in [0.1, 0.15) is 11.9 Å². The second-order valence-electron chi connectivity index (χ2n) is 7.53. The van der Waals surface area contributed by atoms with Crippen LogP contribution in [-0.2, 0) is 9.53 Å². The number of methoxy groups -OCH3 is 1. The number of likely N-dealkylation sites (tertiary alicyclic amines) is 1. The quantitative estimate of drug-likeness (QED) is 0.753. The first-order valence-corrected chi connectivity index (χ1v) is 10.1. The van der Waals surface area contributed by atoms with Crippen LogP contribution < -0.4 is 5.32 Å². The summed E-state index contributed by atoms with van der Waals surface area (Å²) in [6, 6.07) is 6.32. The second-order valence-corrected chi connectivity index (χ2v) is 7.97. The monoisotopic (exact) mass is 429 g/mol. The number of hydrogen-bond donors (Lipinski definition) is 2. The van der Waals surface area contributed by atoms with Gasteiger partial charge >= 0.3 is 6.09 Å². The summed E-state index contributed by atoms with van der Waals surface area (Å²) in [5.41, 5.74) is 1.83. The van der Waals surface area contributed by atoms with E-state index in [1.807, 2.05) is 13.8 Å². The van der Waals surface area contributed by atoms with E-state index < -0.39 is 12.1 Å².